The summed E-state index contributed by atoms with van der Waals surface area (Å²) in [5.74, 6) is 0. The van der Waals surface area contributed by atoms with Gasteiger partial charge in [0.25, 0.3) is 6.71 Å². The fourth-order valence-electron chi connectivity index (χ4n) is 11.2. The third-order valence-corrected chi connectivity index (χ3v) is 15.8. The van der Waals surface area contributed by atoms with Crippen molar-refractivity contribution in [1.82, 2.24) is 0 Å². The highest BCUT2D eigenvalue weighted by Crippen LogP contribution is 2.47. The molecule has 11 aromatic rings. The number of fused-ring (bicyclic) bond motifs is 10. The minimum Gasteiger partial charge on any atom is -0.455 e. The van der Waals surface area contributed by atoms with Crippen LogP contribution in [0.3, 0.4) is 0 Å². The molecule has 4 heterocycles. The number of benzene rings is 9. The molecule has 0 saturated carbocycles. The van der Waals surface area contributed by atoms with E-state index in [1.165, 1.54) is 87.1 Å². The van der Waals surface area contributed by atoms with E-state index >= 15 is 0 Å². The SMILES string of the molecule is Cc1cc2c3c(c1)N(c1ccc(-c4cccc5c4sc4ccccc45)cc1)c1cc(C(C)(C)C)ccc1B3c1cc(C(C)(C)C)ccc1N2c1ccc(-c2cccc3c2oc2ccccc23)cc1. The van der Waals surface area contributed by atoms with Crippen LogP contribution >= 0.6 is 11.3 Å². The molecule has 328 valence electrons. The van der Waals surface area contributed by atoms with Gasteiger partial charge in [-0.2, -0.15) is 0 Å². The fraction of sp³-hybridized carbons (Fsp3) is 0.143. The van der Waals surface area contributed by atoms with Gasteiger partial charge in [-0.25, -0.2) is 0 Å². The molecule has 3 nitrogen and oxygen atoms in total. The Balaban J connectivity index is 1.00. The van der Waals surface area contributed by atoms with Gasteiger partial charge in [0, 0.05) is 70.6 Å². The summed E-state index contributed by atoms with van der Waals surface area (Å²) in [6, 6.07) is 68.2. The summed E-state index contributed by atoms with van der Waals surface area (Å²) in [4.78, 5) is 5.09. The molecule has 2 aliphatic heterocycles. The lowest BCUT2D eigenvalue weighted by Gasteiger charge is -2.45. The monoisotopic (exact) mass is 894 g/mol. The van der Waals surface area contributed by atoms with Gasteiger partial charge in [-0.3, -0.25) is 0 Å². The van der Waals surface area contributed by atoms with Crippen LogP contribution in [0.5, 0.6) is 0 Å². The van der Waals surface area contributed by atoms with Crippen molar-refractivity contribution in [3.05, 3.63) is 199 Å². The zero-order valence-corrected chi connectivity index (χ0v) is 40.4. The highest BCUT2D eigenvalue weighted by atomic mass is 32.1. The topological polar surface area (TPSA) is 19.6 Å². The molecule has 2 aliphatic rings. The number of hydrogen-bond acceptors (Lipinski definition) is 4. The summed E-state index contributed by atoms with van der Waals surface area (Å²) in [5.41, 5.74) is 21.6. The number of para-hydroxylation sites is 2. The zero-order valence-electron chi connectivity index (χ0n) is 39.6. The molecule has 0 radical (unpaired) electrons. The maximum atomic E-state index is 6.52. The number of nitrogens with zero attached hydrogens (tertiary/aromatic N) is 2. The van der Waals surface area contributed by atoms with E-state index in [1.807, 2.05) is 17.4 Å². The van der Waals surface area contributed by atoms with Crippen LogP contribution in [0.4, 0.5) is 34.1 Å². The summed E-state index contributed by atoms with van der Waals surface area (Å²) in [6.45, 7) is 16.3. The summed E-state index contributed by atoms with van der Waals surface area (Å²) >= 11 is 1.89. The number of rotatable bonds is 4. The molecular formula is C63H51BN2OS. The van der Waals surface area contributed by atoms with E-state index in [4.69, 9.17) is 4.42 Å². The first-order valence-electron chi connectivity index (χ1n) is 23.9. The Bertz CT molecular complexity index is 3840. The number of furan rings is 1. The normalized spacial score (nSPS) is 13.4. The average molecular weight is 895 g/mol. The van der Waals surface area contributed by atoms with Crippen molar-refractivity contribution in [1.29, 1.82) is 0 Å². The van der Waals surface area contributed by atoms with Crippen LogP contribution in [-0.2, 0) is 10.8 Å². The van der Waals surface area contributed by atoms with Crippen molar-refractivity contribution in [2.45, 2.75) is 59.3 Å². The first-order valence-corrected chi connectivity index (χ1v) is 24.8. The van der Waals surface area contributed by atoms with Crippen molar-refractivity contribution in [2.75, 3.05) is 9.80 Å². The highest BCUT2D eigenvalue weighted by molar-refractivity contribution is 7.26. The van der Waals surface area contributed by atoms with Crippen molar-refractivity contribution in [3.8, 4) is 22.3 Å². The average Bonchev–Trinajstić information content (AvgIpc) is 3.92. The molecule has 0 spiro atoms. The largest absolute Gasteiger partial charge is 0.455 e. The highest BCUT2D eigenvalue weighted by Gasteiger charge is 2.44. The number of anilines is 6. The van der Waals surface area contributed by atoms with Gasteiger partial charge in [-0.05, 0) is 128 Å². The molecule has 0 atom stereocenters. The smallest absolute Gasteiger partial charge is 0.252 e. The minimum atomic E-state index is -0.0334. The molecule has 0 bridgehead atoms. The molecule has 0 amide bonds. The van der Waals surface area contributed by atoms with E-state index in [1.54, 1.807) is 0 Å². The molecule has 5 heteroatoms. The van der Waals surface area contributed by atoms with Gasteiger partial charge in [-0.15, -0.1) is 11.3 Å². The lowest BCUT2D eigenvalue weighted by atomic mass is 9.33. The van der Waals surface area contributed by atoms with Crippen molar-refractivity contribution in [2.24, 2.45) is 0 Å². The summed E-state index contributed by atoms with van der Waals surface area (Å²) < 4.78 is 9.18. The van der Waals surface area contributed by atoms with Crippen molar-refractivity contribution >= 4 is 111 Å². The lowest BCUT2D eigenvalue weighted by Crippen LogP contribution is -2.61. The maximum absolute atomic E-state index is 6.52. The molecule has 13 rings (SSSR count). The fourth-order valence-corrected chi connectivity index (χ4v) is 12.4. The van der Waals surface area contributed by atoms with Crippen molar-refractivity contribution in [3.63, 3.8) is 0 Å². The van der Waals surface area contributed by atoms with E-state index in [9.17, 15) is 0 Å². The summed E-state index contributed by atoms with van der Waals surface area (Å²) in [5, 5.41) is 4.93. The quantitative estimate of drug-likeness (QED) is 0.164. The second kappa shape index (κ2) is 14.8. The first kappa shape index (κ1) is 40.9. The molecule has 9 aromatic carbocycles. The predicted octanol–water partition coefficient (Wildman–Crippen LogP) is 16.3. The van der Waals surface area contributed by atoms with Crippen LogP contribution in [-0.4, -0.2) is 6.71 Å². The molecule has 0 unspecified atom stereocenters. The van der Waals surface area contributed by atoms with Gasteiger partial charge in [-0.1, -0.05) is 163 Å². The Morgan fingerprint density at radius 1 is 0.456 bits per heavy atom. The van der Waals surface area contributed by atoms with Gasteiger partial charge >= 0.3 is 0 Å². The van der Waals surface area contributed by atoms with Crippen LogP contribution < -0.4 is 26.2 Å². The number of thiophene rings is 1. The van der Waals surface area contributed by atoms with E-state index in [-0.39, 0.29) is 17.5 Å². The Morgan fingerprint density at radius 3 is 1.74 bits per heavy atom. The van der Waals surface area contributed by atoms with E-state index in [2.05, 4.69) is 234 Å². The van der Waals surface area contributed by atoms with Crippen LogP contribution in [0.25, 0.3) is 64.4 Å². The molecular weight excluding hydrogens is 844 g/mol. The summed E-state index contributed by atoms with van der Waals surface area (Å²) in [7, 11) is 0. The van der Waals surface area contributed by atoms with Crippen molar-refractivity contribution < 1.29 is 4.42 Å². The summed E-state index contributed by atoms with van der Waals surface area (Å²) in [6.07, 6.45) is 0. The van der Waals surface area contributed by atoms with Gasteiger partial charge in [0.2, 0.25) is 0 Å². The van der Waals surface area contributed by atoms with Crippen LogP contribution in [0.15, 0.2) is 186 Å². The van der Waals surface area contributed by atoms with E-state index < -0.39 is 0 Å². The third-order valence-electron chi connectivity index (χ3n) is 14.6. The predicted molar refractivity (Wildman–Crippen MR) is 294 cm³/mol. The van der Waals surface area contributed by atoms with Gasteiger partial charge < -0.3 is 14.2 Å². The van der Waals surface area contributed by atoms with Crippen LogP contribution in [0.2, 0.25) is 0 Å². The number of hydrogen-bond donors (Lipinski definition) is 0. The molecule has 0 saturated heterocycles. The lowest BCUT2D eigenvalue weighted by molar-refractivity contribution is 0.590. The second-order valence-corrected chi connectivity index (χ2v) is 22.1. The Hall–Kier alpha value is -7.34. The third kappa shape index (κ3) is 6.25. The second-order valence-electron chi connectivity index (χ2n) is 21.0. The Kier molecular flexibility index (Phi) is 8.92. The molecule has 0 fully saturated rings. The van der Waals surface area contributed by atoms with Crippen LogP contribution in [0, 0.1) is 6.92 Å². The van der Waals surface area contributed by atoms with E-state index in [0.717, 1.165) is 44.4 Å². The van der Waals surface area contributed by atoms with Gasteiger partial charge in [0.15, 0.2) is 0 Å². The molecule has 0 N–H and O–H groups in total. The first-order chi connectivity index (χ1) is 32.9. The molecule has 2 aromatic heterocycles. The van der Waals surface area contributed by atoms with Gasteiger partial charge in [0.05, 0.1) is 0 Å². The number of aryl methyl sites for hydroxylation is 1. The minimum absolute atomic E-state index is 0.0307. The maximum Gasteiger partial charge on any atom is 0.252 e. The molecule has 68 heavy (non-hydrogen) atoms. The Labute approximate surface area is 403 Å². The standard InChI is InChI=1S/C63H51BN2OS/c1-38-34-55-59-56(35-38)66(44-30-24-40(25-31-44)46-17-13-19-50-48-15-9-11-21-58(48)68-61(46)50)54-37-42(63(5,6)7)26-32-51(54)64(59)52-36-41(62(2,3)4)27-33-53(52)65(55)43-28-22-39(23-29-43)45-16-12-18-49-47-14-8-10-20-57(47)67-60(45)49/h8-37H,1-7H3. The Morgan fingerprint density at radius 2 is 1.03 bits per heavy atom. The van der Waals surface area contributed by atoms with Crippen LogP contribution in [0.1, 0.15) is 58.2 Å². The van der Waals surface area contributed by atoms with Gasteiger partial charge in [0.1, 0.15) is 11.2 Å². The van der Waals surface area contributed by atoms with E-state index in [0.29, 0.717) is 0 Å². The zero-order chi connectivity index (χ0) is 46.2. The molecule has 0 aliphatic carbocycles.